The van der Waals surface area contributed by atoms with Crippen LogP contribution in [-0.2, 0) is 22.7 Å². The number of rotatable bonds is 5. The summed E-state index contributed by atoms with van der Waals surface area (Å²) in [6.45, 7) is 2.27. The van der Waals surface area contributed by atoms with Gasteiger partial charge in [0.2, 0.25) is 0 Å². The zero-order chi connectivity index (χ0) is 22.3. The van der Waals surface area contributed by atoms with Crippen LogP contribution in [0, 0.1) is 12.7 Å². The van der Waals surface area contributed by atoms with Crippen molar-refractivity contribution in [2.24, 2.45) is 0 Å². The normalized spacial score (nSPS) is 19.5. The van der Waals surface area contributed by atoms with Gasteiger partial charge in [0, 0.05) is 18.1 Å². The number of carboxylic acid groups (broad SMARTS) is 1. The molecule has 1 atom stereocenters. The van der Waals surface area contributed by atoms with E-state index in [-0.39, 0.29) is 25.5 Å². The van der Waals surface area contributed by atoms with Gasteiger partial charge in [-0.1, -0.05) is 12.1 Å². The van der Waals surface area contributed by atoms with Crippen LogP contribution in [0.15, 0.2) is 52.9 Å². The van der Waals surface area contributed by atoms with Gasteiger partial charge in [0.15, 0.2) is 11.5 Å². The summed E-state index contributed by atoms with van der Waals surface area (Å²) in [4.78, 5) is 30.5. The number of aromatic nitrogens is 1. The first-order valence-electron chi connectivity index (χ1n) is 9.29. The summed E-state index contributed by atoms with van der Waals surface area (Å²) in [7, 11) is 0. The average molecular weight is 446 g/mol. The Morgan fingerprint density at radius 3 is 2.61 bits per heavy atom. The van der Waals surface area contributed by atoms with Crippen LogP contribution in [-0.4, -0.2) is 59.9 Å². The van der Waals surface area contributed by atoms with Gasteiger partial charge < -0.3 is 20.2 Å². The van der Waals surface area contributed by atoms with Crippen LogP contribution in [0.4, 0.5) is 4.39 Å². The fourth-order valence-electron chi connectivity index (χ4n) is 3.47. The minimum atomic E-state index is -1.83. The number of hydrogen-bond donors (Lipinski definition) is 3. The number of aliphatic hydroxyl groups excluding tert-OH is 2. The maximum absolute atomic E-state index is 13.2. The molecule has 162 valence electrons. The number of aliphatic carboxylic acids is 1. The molecule has 0 saturated carbocycles. The van der Waals surface area contributed by atoms with E-state index in [1.165, 1.54) is 33.4 Å². The molecule has 1 aromatic carbocycles. The van der Waals surface area contributed by atoms with Crippen molar-refractivity contribution in [1.29, 1.82) is 0 Å². The summed E-state index contributed by atoms with van der Waals surface area (Å²) < 4.78 is 13.2. The topological polar surface area (TPSA) is 117 Å². The van der Waals surface area contributed by atoms with Crippen LogP contribution in [0.1, 0.15) is 16.3 Å². The van der Waals surface area contributed by atoms with Crippen LogP contribution in [0.3, 0.4) is 0 Å². The minimum absolute atomic E-state index is 0.0586. The van der Waals surface area contributed by atoms with E-state index in [4.69, 9.17) is 0 Å². The Morgan fingerprint density at radius 2 is 2.00 bits per heavy atom. The lowest BCUT2D eigenvalue weighted by Gasteiger charge is -2.45. The van der Waals surface area contributed by atoms with Crippen molar-refractivity contribution in [3.8, 4) is 0 Å². The minimum Gasteiger partial charge on any atom is -0.507 e. The van der Waals surface area contributed by atoms with E-state index in [0.717, 1.165) is 11.2 Å². The van der Waals surface area contributed by atoms with Crippen LogP contribution >= 0.6 is 11.3 Å². The van der Waals surface area contributed by atoms with Gasteiger partial charge in [-0.25, -0.2) is 14.2 Å². The summed E-state index contributed by atoms with van der Waals surface area (Å²) in [6, 6.07) is 5.68. The largest absolute Gasteiger partial charge is 0.507 e. The summed E-state index contributed by atoms with van der Waals surface area (Å²) in [6.07, 6.45) is -0.698. The number of fused-ring (bicyclic) bond motifs is 1. The highest BCUT2D eigenvalue weighted by Crippen LogP contribution is 2.32. The SMILES string of the molecule is Cc1nc(CN2CN(Cc3ccc(F)cc3)C(=O)C3=C(O)[C@H](O)C(C(=O)O)=CN32)cs1. The Morgan fingerprint density at radius 1 is 1.29 bits per heavy atom. The second-order valence-corrected chi connectivity index (χ2v) is 8.23. The van der Waals surface area contributed by atoms with Gasteiger partial charge in [-0.2, -0.15) is 5.01 Å². The van der Waals surface area contributed by atoms with Crippen LogP contribution in [0.2, 0.25) is 0 Å². The molecular formula is C20H19FN4O5S. The van der Waals surface area contributed by atoms with E-state index in [9.17, 15) is 29.3 Å². The summed E-state index contributed by atoms with van der Waals surface area (Å²) in [5.74, 6) is -3.15. The van der Waals surface area contributed by atoms with Gasteiger partial charge in [-0.3, -0.25) is 9.80 Å². The van der Waals surface area contributed by atoms with Crippen molar-refractivity contribution in [3.63, 3.8) is 0 Å². The zero-order valence-electron chi connectivity index (χ0n) is 16.4. The molecule has 2 aliphatic heterocycles. The number of hydrogen-bond acceptors (Lipinski definition) is 8. The fraction of sp³-hybridized carbons (Fsp3) is 0.250. The van der Waals surface area contributed by atoms with Gasteiger partial charge in [0.25, 0.3) is 5.91 Å². The fourth-order valence-corrected chi connectivity index (χ4v) is 4.07. The average Bonchev–Trinajstić information content (AvgIpc) is 3.13. The number of nitrogens with zero attached hydrogens (tertiary/aromatic N) is 4. The van der Waals surface area contributed by atoms with E-state index in [1.807, 2.05) is 12.3 Å². The molecule has 0 unspecified atom stereocenters. The lowest BCUT2D eigenvalue weighted by Crippen LogP contribution is -2.57. The smallest absolute Gasteiger partial charge is 0.336 e. The van der Waals surface area contributed by atoms with Crippen LogP contribution < -0.4 is 0 Å². The molecule has 1 fully saturated rings. The lowest BCUT2D eigenvalue weighted by atomic mass is 10.0. The highest BCUT2D eigenvalue weighted by molar-refractivity contribution is 7.09. The first kappa shape index (κ1) is 21.0. The molecule has 3 N–H and O–H groups in total. The van der Waals surface area contributed by atoms with E-state index in [0.29, 0.717) is 11.3 Å². The molecule has 0 radical (unpaired) electrons. The van der Waals surface area contributed by atoms with E-state index in [2.05, 4.69) is 4.98 Å². The predicted octanol–water partition coefficient (Wildman–Crippen LogP) is 1.72. The van der Waals surface area contributed by atoms with Gasteiger partial charge in [-0.15, -0.1) is 11.3 Å². The summed E-state index contributed by atoms with van der Waals surface area (Å²) >= 11 is 1.45. The van der Waals surface area contributed by atoms with Crippen LogP contribution in [0.5, 0.6) is 0 Å². The third kappa shape index (κ3) is 4.02. The lowest BCUT2D eigenvalue weighted by molar-refractivity contribution is -0.150. The van der Waals surface area contributed by atoms with Crippen molar-refractivity contribution in [2.75, 3.05) is 6.67 Å². The first-order valence-corrected chi connectivity index (χ1v) is 10.2. The third-order valence-electron chi connectivity index (χ3n) is 4.96. The van der Waals surface area contributed by atoms with Crippen LogP contribution in [0.25, 0.3) is 0 Å². The van der Waals surface area contributed by atoms with E-state index in [1.54, 1.807) is 17.1 Å². The number of amides is 1. The molecule has 0 spiro atoms. The van der Waals surface area contributed by atoms with E-state index < -0.39 is 35.1 Å². The second-order valence-electron chi connectivity index (χ2n) is 7.16. The molecule has 0 aliphatic carbocycles. The standard InChI is InChI=1S/C20H19FN4O5S/c1-11-22-14(9-31-11)7-24-10-23(6-12-2-4-13(21)5-3-12)19(28)16-18(27)17(26)15(20(29)30)8-25(16)24/h2-5,8-9,17,26-27H,6-7,10H2,1H3,(H,29,30)/t17-/m1/s1. The highest BCUT2D eigenvalue weighted by Gasteiger charge is 2.43. The van der Waals surface area contributed by atoms with E-state index >= 15 is 0 Å². The number of carbonyl (C=O) groups excluding carboxylic acids is 1. The molecule has 2 aliphatic rings. The number of benzene rings is 1. The zero-order valence-corrected chi connectivity index (χ0v) is 17.2. The first-order chi connectivity index (χ1) is 14.7. The van der Waals surface area contributed by atoms with Crippen molar-refractivity contribution in [3.05, 3.63) is 75.0 Å². The Hall–Kier alpha value is -3.28. The van der Waals surface area contributed by atoms with Gasteiger partial charge in [0.1, 0.15) is 11.9 Å². The van der Waals surface area contributed by atoms with Gasteiger partial charge in [-0.05, 0) is 24.6 Å². The van der Waals surface area contributed by atoms with Crippen molar-refractivity contribution in [1.82, 2.24) is 19.9 Å². The number of carboxylic acids is 1. The summed E-state index contributed by atoms with van der Waals surface area (Å²) in [5, 5.41) is 35.7. The molecule has 1 saturated heterocycles. The predicted molar refractivity (Wildman–Crippen MR) is 107 cm³/mol. The number of thiazole rings is 1. The van der Waals surface area contributed by atoms with Crippen molar-refractivity contribution < 1.29 is 29.3 Å². The molecule has 1 amide bonds. The molecule has 11 heteroatoms. The molecule has 2 aromatic rings. The quantitative estimate of drug-likeness (QED) is 0.636. The number of aryl methyl sites for hydroxylation is 1. The number of halogens is 1. The third-order valence-corrected chi connectivity index (χ3v) is 5.78. The maximum atomic E-state index is 13.2. The Bertz CT molecular complexity index is 1100. The number of aliphatic hydroxyl groups is 2. The molecule has 0 bridgehead atoms. The molecule has 9 nitrogen and oxygen atoms in total. The molecule has 1 aromatic heterocycles. The van der Waals surface area contributed by atoms with Crippen molar-refractivity contribution in [2.45, 2.75) is 26.1 Å². The number of hydrazine groups is 1. The monoisotopic (exact) mass is 446 g/mol. The maximum Gasteiger partial charge on any atom is 0.336 e. The Labute approximate surface area is 180 Å². The molecule has 3 heterocycles. The summed E-state index contributed by atoms with van der Waals surface area (Å²) in [5.41, 5.74) is 0.679. The van der Waals surface area contributed by atoms with Gasteiger partial charge >= 0.3 is 5.97 Å². The Balaban J connectivity index is 1.71. The molecular weight excluding hydrogens is 427 g/mol. The molecule has 31 heavy (non-hydrogen) atoms. The Kier molecular flexibility index (Phi) is 5.48. The number of carbonyl (C=O) groups is 2. The highest BCUT2D eigenvalue weighted by atomic mass is 32.1. The van der Waals surface area contributed by atoms with Crippen molar-refractivity contribution >= 4 is 23.2 Å². The second kappa shape index (κ2) is 8.10. The van der Waals surface area contributed by atoms with Gasteiger partial charge in [0.05, 0.1) is 29.5 Å². The molecule has 4 rings (SSSR count).